The second-order valence-corrected chi connectivity index (χ2v) is 5.23. The number of phosphoric ester groups is 1. The van der Waals surface area contributed by atoms with Crippen LogP contribution >= 0.6 is 15.6 Å². The molecule has 2 radical (unpaired) electrons. The predicted octanol–water partition coefficient (Wildman–Crippen LogP) is 1.22. The van der Waals surface area contributed by atoms with Crippen LogP contribution in [0.3, 0.4) is 0 Å². The van der Waals surface area contributed by atoms with Crippen molar-refractivity contribution < 1.29 is 32.6 Å². The first kappa shape index (κ1) is 14.0. The van der Waals surface area contributed by atoms with E-state index in [1.807, 2.05) is 6.61 Å². The maximum atomic E-state index is 10.7. The molecule has 0 aliphatic heterocycles. The summed E-state index contributed by atoms with van der Waals surface area (Å²) in [5.41, 5.74) is 0.723. The lowest BCUT2D eigenvalue weighted by atomic mass is 10.4. The van der Waals surface area contributed by atoms with Crippen molar-refractivity contribution in [3.05, 3.63) is 18.3 Å². The van der Waals surface area contributed by atoms with E-state index in [9.17, 15) is 9.13 Å². The Bertz CT molecular complexity index is 299. The minimum atomic E-state index is -5.05. The molecule has 14 heavy (non-hydrogen) atoms. The van der Waals surface area contributed by atoms with Crippen molar-refractivity contribution in [3.63, 3.8) is 0 Å². The van der Waals surface area contributed by atoms with Gasteiger partial charge >= 0.3 is 15.6 Å². The summed E-state index contributed by atoms with van der Waals surface area (Å²) in [5.74, 6) is 0. The molecule has 0 aliphatic carbocycles. The van der Waals surface area contributed by atoms with Crippen molar-refractivity contribution in [2.75, 3.05) is 0 Å². The molecule has 0 heterocycles. The maximum absolute atomic E-state index is 10.7. The van der Waals surface area contributed by atoms with Crippen molar-refractivity contribution in [2.45, 2.75) is 13.8 Å². The van der Waals surface area contributed by atoms with Crippen LogP contribution < -0.4 is 0 Å². The van der Waals surface area contributed by atoms with Crippen molar-refractivity contribution >= 4 is 15.6 Å². The molecule has 0 amide bonds. The van der Waals surface area contributed by atoms with Gasteiger partial charge in [-0.3, -0.25) is 4.52 Å². The Morgan fingerprint density at radius 3 is 2.14 bits per heavy atom. The highest BCUT2D eigenvalue weighted by atomic mass is 31.3. The summed E-state index contributed by atoms with van der Waals surface area (Å²) in [4.78, 5) is 25.1. The Kier molecular flexibility index (Phi) is 5.19. The highest BCUT2D eigenvalue weighted by Crippen LogP contribution is 2.57. The molecule has 0 saturated carbocycles. The third-order valence-corrected chi connectivity index (χ3v) is 2.74. The smallest absolute Gasteiger partial charge is 0.302 e. The molecular weight excluding hydrogens is 236 g/mol. The van der Waals surface area contributed by atoms with Crippen LogP contribution in [0.4, 0.5) is 0 Å². The standard InChI is InChI=1S/C5H10O7P2/c1-5(2)3-4-11-14(9,10)12-13(6,7)8/h3H,1-2H3,(H,9,10)(H2,6,7,8)/i4+2. The minimum Gasteiger partial charge on any atom is -0.302 e. The summed E-state index contributed by atoms with van der Waals surface area (Å²) < 4.78 is 28.4. The third kappa shape index (κ3) is 8.59. The number of phosphoric acid groups is 2. The number of hydrogen-bond donors (Lipinski definition) is 3. The molecule has 0 aliphatic rings. The summed E-state index contributed by atoms with van der Waals surface area (Å²) in [7, 11) is -9.84. The zero-order valence-electron chi connectivity index (χ0n) is 7.45. The van der Waals surface area contributed by atoms with Crippen LogP contribution in [0.25, 0.3) is 0 Å². The molecule has 1 atom stereocenters. The Morgan fingerprint density at radius 1 is 1.29 bits per heavy atom. The fraction of sp³-hybridized carbons (Fsp3) is 0.400. The monoisotopic (exact) mass is 246 g/mol. The molecule has 0 aromatic carbocycles. The molecular formula is C5H10O7P2. The lowest BCUT2D eigenvalue weighted by Crippen LogP contribution is -1.90. The van der Waals surface area contributed by atoms with Crippen LogP contribution in [0, 0.1) is 6.61 Å². The summed E-state index contributed by atoms with van der Waals surface area (Å²) in [6.45, 7) is 5.24. The molecule has 0 aromatic heterocycles. The Balaban J connectivity index is 4.17. The van der Waals surface area contributed by atoms with E-state index in [4.69, 9.17) is 14.7 Å². The number of rotatable bonds is 5. The molecule has 0 spiro atoms. The first-order valence-electron chi connectivity index (χ1n) is 3.29. The van der Waals surface area contributed by atoms with E-state index >= 15 is 0 Å². The fourth-order valence-electron chi connectivity index (χ4n) is 0.362. The SMILES string of the molecule is CC(C)=C[14C]OP(=O)(O)OP(=O)(O)O. The van der Waals surface area contributed by atoms with Gasteiger partial charge in [-0.2, -0.15) is 4.31 Å². The molecule has 0 fully saturated rings. The summed E-state index contributed by atoms with van der Waals surface area (Å²) in [6.07, 6.45) is 1.21. The van der Waals surface area contributed by atoms with Gasteiger partial charge in [-0.1, -0.05) is 5.57 Å². The van der Waals surface area contributed by atoms with Gasteiger partial charge in [0, 0.05) is 0 Å². The average Bonchev–Trinajstić information content (AvgIpc) is 1.78. The van der Waals surface area contributed by atoms with Gasteiger partial charge in [-0.05, 0) is 19.9 Å². The fourth-order valence-corrected chi connectivity index (χ4v) is 1.76. The largest absolute Gasteiger partial charge is 0.482 e. The minimum absolute atomic E-state index is 0.723. The van der Waals surface area contributed by atoms with Crippen LogP contribution in [0.5, 0.6) is 0 Å². The molecule has 0 rings (SSSR count). The first-order valence-corrected chi connectivity index (χ1v) is 6.32. The second kappa shape index (κ2) is 5.19. The van der Waals surface area contributed by atoms with Crippen LogP contribution in [0.2, 0.25) is 0 Å². The summed E-state index contributed by atoms with van der Waals surface area (Å²) in [6, 6.07) is 0. The van der Waals surface area contributed by atoms with Gasteiger partial charge < -0.3 is 14.7 Å². The summed E-state index contributed by atoms with van der Waals surface area (Å²) >= 11 is 0. The predicted molar refractivity (Wildman–Crippen MR) is 46.7 cm³/mol. The van der Waals surface area contributed by atoms with Crippen molar-refractivity contribution in [3.8, 4) is 0 Å². The average molecular weight is 246 g/mol. The Labute approximate surface area is 81.2 Å². The van der Waals surface area contributed by atoms with E-state index in [-0.39, 0.29) is 0 Å². The van der Waals surface area contributed by atoms with E-state index in [2.05, 4.69) is 8.83 Å². The van der Waals surface area contributed by atoms with Gasteiger partial charge in [0.1, 0.15) is 0 Å². The molecule has 0 saturated heterocycles. The molecule has 0 aromatic rings. The number of hydrogen-bond acceptors (Lipinski definition) is 4. The zero-order valence-corrected chi connectivity index (χ0v) is 9.24. The Hall–Kier alpha value is -0.0000000000000000416. The van der Waals surface area contributed by atoms with Crippen LogP contribution in [-0.2, 0) is 18.0 Å². The molecule has 3 N–H and O–H groups in total. The molecule has 9 heteroatoms. The lowest BCUT2D eigenvalue weighted by Gasteiger charge is -2.09. The highest BCUT2D eigenvalue weighted by molar-refractivity contribution is 7.60. The quantitative estimate of drug-likeness (QED) is 0.624. The molecule has 7 nitrogen and oxygen atoms in total. The normalized spacial score (nSPS) is 16.1. The van der Waals surface area contributed by atoms with Crippen molar-refractivity contribution in [1.29, 1.82) is 0 Å². The zero-order chi connectivity index (χ0) is 11.4. The van der Waals surface area contributed by atoms with Gasteiger partial charge in [0.05, 0.1) is 0 Å². The van der Waals surface area contributed by atoms with Gasteiger partial charge in [-0.25, -0.2) is 9.13 Å². The topological polar surface area (TPSA) is 113 Å². The molecule has 82 valence electrons. The second-order valence-electron chi connectivity index (χ2n) is 2.47. The van der Waals surface area contributed by atoms with E-state index in [0.29, 0.717) is 0 Å². The van der Waals surface area contributed by atoms with E-state index < -0.39 is 15.6 Å². The van der Waals surface area contributed by atoms with Crippen LogP contribution in [0.15, 0.2) is 11.6 Å². The molecule has 1 unspecified atom stereocenters. The summed E-state index contributed by atoms with van der Waals surface area (Å²) in [5, 5.41) is 0. The van der Waals surface area contributed by atoms with Gasteiger partial charge in [0.2, 0.25) is 0 Å². The van der Waals surface area contributed by atoms with E-state index in [1.165, 1.54) is 6.08 Å². The lowest BCUT2D eigenvalue weighted by molar-refractivity contribution is 0.208. The van der Waals surface area contributed by atoms with Gasteiger partial charge in [0.15, 0.2) is 6.61 Å². The van der Waals surface area contributed by atoms with Crippen molar-refractivity contribution in [2.24, 2.45) is 0 Å². The maximum Gasteiger partial charge on any atom is 0.482 e. The molecule has 0 bridgehead atoms. The number of allylic oxidation sites excluding steroid dienone is 1. The Morgan fingerprint density at radius 2 is 1.79 bits per heavy atom. The van der Waals surface area contributed by atoms with Crippen LogP contribution in [0.1, 0.15) is 13.8 Å². The van der Waals surface area contributed by atoms with Gasteiger partial charge in [0.25, 0.3) is 0 Å². The highest BCUT2D eigenvalue weighted by Gasteiger charge is 2.32. The van der Waals surface area contributed by atoms with Crippen molar-refractivity contribution in [1.82, 2.24) is 0 Å². The van der Waals surface area contributed by atoms with Gasteiger partial charge in [-0.15, -0.1) is 0 Å². The third-order valence-electron chi connectivity index (χ3n) is 0.725. The van der Waals surface area contributed by atoms with E-state index in [1.54, 1.807) is 13.8 Å². The first-order chi connectivity index (χ1) is 6.12. The van der Waals surface area contributed by atoms with E-state index in [0.717, 1.165) is 5.57 Å². The van der Waals surface area contributed by atoms with Crippen LogP contribution in [-0.4, -0.2) is 14.7 Å².